The zero-order valence-electron chi connectivity index (χ0n) is 17.0. The molecular weight excluding hydrogens is 372 g/mol. The van der Waals surface area contributed by atoms with Crippen molar-refractivity contribution in [3.63, 3.8) is 0 Å². The van der Waals surface area contributed by atoms with Crippen LogP contribution in [0.5, 0.6) is 0 Å². The molecule has 1 saturated carbocycles. The van der Waals surface area contributed by atoms with Gasteiger partial charge in [0.15, 0.2) is 0 Å². The second-order valence-electron chi connectivity index (χ2n) is 7.94. The van der Waals surface area contributed by atoms with Crippen LogP contribution in [0.3, 0.4) is 0 Å². The van der Waals surface area contributed by atoms with Gasteiger partial charge in [-0.2, -0.15) is 0 Å². The lowest BCUT2D eigenvalue weighted by atomic mass is 9.82. The molecular formula is C21H28N4O4. The summed E-state index contributed by atoms with van der Waals surface area (Å²) in [6, 6.07) is 6.95. The van der Waals surface area contributed by atoms with Gasteiger partial charge in [0.1, 0.15) is 5.54 Å². The Morgan fingerprint density at radius 3 is 2.45 bits per heavy atom. The summed E-state index contributed by atoms with van der Waals surface area (Å²) in [5.74, 6) is -0.829. The highest BCUT2D eigenvalue weighted by Crippen LogP contribution is 2.33. The van der Waals surface area contributed by atoms with Crippen LogP contribution in [-0.2, 0) is 14.4 Å². The summed E-state index contributed by atoms with van der Waals surface area (Å²) in [7, 11) is 1.53. The van der Waals surface area contributed by atoms with Gasteiger partial charge in [-0.05, 0) is 31.9 Å². The zero-order valence-corrected chi connectivity index (χ0v) is 17.0. The summed E-state index contributed by atoms with van der Waals surface area (Å²) in [6.45, 7) is 1.88. The van der Waals surface area contributed by atoms with E-state index in [1.807, 2.05) is 19.1 Å². The third-order valence-electron chi connectivity index (χ3n) is 5.64. The number of carbonyl (C=O) groups excluding carboxylic acids is 4. The molecule has 5 amide bonds. The summed E-state index contributed by atoms with van der Waals surface area (Å²) in [6.07, 6.45) is 4.19. The van der Waals surface area contributed by atoms with Crippen LogP contribution < -0.4 is 10.6 Å². The third kappa shape index (κ3) is 4.75. The van der Waals surface area contributed by atoms with E-state index in [1.165, 1.54) is 11.9 Å². The molecule has 1 aromatic carbocycles. The minimum Gasteiger partial charge on any atom is -0.336 e. The maximum absolute atomic E-state index is 12.7. The Morgan fingerprint density at radius 1 is 1.14 bits per heavy atom. The molecule has 1 aliphatic heterocycles. The summed E-state index contributed by atoms with van der Waals surface area (Å²) >= 11 is 0. The standard InChI is InChI=1S/C21H28N4O4/c1-15-6-8-16(9-7-15)22-17(26)14-24(2)18(27)10-13-25-19(28)21(23-20(25)29)11-4-3-5-12-21/h6-9H,3-5,10-14H2,1-2H3,(H,22,26)(H,23,29). The van der Waals surface area contributed by atoms with Crippen molar-refractivity contribution in [1.82, 2.24) is 15.1 Å². The van der Waals surface area contributed by atoms with E-state index in [4.69, 9.17) is 0 Å². The molecule has 0 atom stereocenters. The third-order valence-corrected chi connectivity index (χ3v) is 5.64. The molecule has 3 rings (SSSR count). The fourth-order valence-corrected chi connectivity index (χ4v) is 3.91. The first-order chi connectivity index (χ1) is 13.8. The van der Waals surface area contributed by atoms with E-state index in [-0.39, 0.29) is 37.2 Å². The maximum Gasteiger partial charge on any atom is 0.325 e. The Morgan fingerprint density at radius 2 is 1.79 bits per heavy atom. The van der Waals surface area contributed by atoms with Gasteiger partial charge in [-0.15, -0.1) is 0 Å². The van der Waals surface area contributed by atoms with Crippen LogP contribution in [0.2, 0.25) is 0 Å². The molecule has 1 heterocycles. The second kappa shape index (κ2) is 8.63. The predicted molar refractivity (Wildman–Crippen MR) is 108 cm³/mol. The van der Waals surface area contributed by atoms with E-state index in [2.05, 4.69) is 10.6 Å². The Kier molecular flexibility index (Phi) is 6.20. The summed E-state index contributed by atoms with van der Waals surface area (Å²) in [5.41, 5.74) is 0.974. The van der Waals surface area contributed by atoms with E-state index in [1.54, 1.807) is 12.1 Å². The highest BCUT2D eigenvalue weighted by Gasteiger charge is 2.51. The van der Waals surface area contributed by atoms with Crippen LogP contribution in [0.4, 0.5) is 10.5 Å². The average molecular weight is 400 g/mol. The second-order valence-corrected chi connectivity index (χ2v) is 7.94. The highest BCUT2D eigenvalue weighted by atomic mass is 16.2. The minimum absolute atomic E-state index is 0.0104. The van der Waals surface area contributed by atoms with Crippen molar-refractivity contribution in [3.05, 3.63) is 29.8 Å². The number of nitrogens with one attached hydrogen (secondary N) is 2. The molecule has 8 nitrogen and oxygen atoms in total. The van der Waals surface area contributed by atoms with E-state index >= 15 is 0 Å². The van der Waals surface area contributed by atoms with Gasteiger partial charge in [0, 0.05) is 25.7 Å². The molecule has 2 fully saturated rings. The summed E-state index contributed by atoms with van der Waals surface area (Å²) in [5, 5.41) is 5.58. The zero-order chi connectivity index (χ0) is 21.0. The average Bonchev–Trinajstić information content (AvgIpc) is 2.91. The number of anilines is 1. The van der Waals surface area contributed by atoms with Crippen molar-refractivity contribution < 1.29 is 19.2 Å². The van der Waals surface area contributed by atoms with Gasteiger partial charge < -0.3 is 15.5 Å². The van der Waals surface area contributed by atoms with Crippen LogP contribution in [-0.4, -0.2) is 59.2 Å². The van der Waals surface area contributed by atoms with Crippen molar-refractivity contribution in [3.8, 4) is 0 Å². The number of aryl methyl sites for hydroxylation is 1. The van der Waals surface area contributed by atoms with Crippen LogP contribution in [0.25, 0.3) is 0 Å². The number of hydrogen-bond donors (Lipinski definition) is 2. The van der Waals surface area contributed by atoms with Crippen LogP contribution in [0, 0.1) is 6.92 Å². The fourth-order valence-electron chi connectivity index (χ4n) is 3.91. The van der Waals surface area contributed by atoms with E-state index < -0.39 is 11.6 Å². The van der Waals surface area contributed by atoms with Crippen molar-refractivity contribution in [1.29, 1.82) is 0 Å². The number of rotatable bonds is 6. The van der Waals surface area contributed by atoms with E-state index in [0.29, 0.717) is 18.5 Å². The van der Waals surface area contributed by atoms with Crippen molar-refractivity contribution in [2.24, 2.45) is 0 Å². The van der Waals surface area contributed by atoms with Crippen molar-refractivity contribution in [2.45, 2.75) is 51.0 Å². The van der Waals surface area contributed by atoms with E-state index in [9.17, 15) is 19.2 Å². The molecule has 1 aliphatic carbocycles. The van der Waals surface area contributed by atoms with Gasteiger partial charge in [-0.25, -0.2) is 4.79 Å². The summed E-state index contributed by atoms with van der Waals surface area (Å²) < 4.78 is 0. The molecule has 29 heavy (non-hydrogen) atoms. The lowest BCUT2D eigenvalue weighted by Gasteiger charge is -2.30. The number of imide groups is 1. The number of nitrogens with zero attached hydrogens (tertiary/aromatic N) is 2. The predicted octanol–water partition coefficient (Wildman–Crippen LogP) is 2.04. The topological polar surface area (TPSA) is 98.8 Å². The molecule has 0 aromatic heterocycles. The Balaban J connectivity index is 1.48. The first-order valence-corrected chi connectivity index (χ1v) is 10.1. The van der Waals surface area contributed by atoms with Crippen LogP contribution in [0.15, 0.2) is 24.3 Å². The molecule has 0 bridgehead atoms. The molecule has 0 unspecified atom stereocenters. The molecule has 1 saturated heterocycles. The SMILES string of the molecule is Cc1ccc(NC(=O)CN(C)C(=O)CCN2C(=O)NC3(CCCCC3)C2=O)cc1. The Labute approximate surface area is 170 Å². The van der Waals surface area contributed by atoms with Gasteiger partial charge in [-0.3, -0.25) is 19.3 Å². The number of hydrogen-bond acceptors (Lipinski definition) is 4. The Bertz CT molecular complexity index is 799. The quantitative estimate of drug-likeness (QED) is 0.714. The van der Waals surface area contributed by atoms with Gasteiger partial charge in [0.25, 0.3) is 5.91 Å². The molecule has 0 radical (unpaired) electrons. The first kappa shape index (κ1) is 20.8. The lowest BCUT2D eigenvalue weighted by molar-refractivity contribution is -0.135. The molecule has 1 spiro atoms. The van der Waals surface area contributed by atoms with Gasteiger partial charge >= 0.3 is 6.03 Å². The molecule has 156 valence electrons. The number of urea groups is 1. The monoisotopic (exact) mass is 400 g/mol. The van der Waals surface area contributed by atoms with Crippen LogP contribution in [0.1, 0.15) is 44.1 Å². The van der Waals surface area contributed by atoms with Crippen molar-refractivity contribution >= 4 is 29.4 Å². The highest BCUT2D eigenvalue weighted by molar-refractivity contribution is 6.07. The number of benzene rings is 1. The first-order valence-electron chi connectivity index (χ1n) is 10.1. The van der Waals surface area contributed by atoms with Gasteiger partial charge in [0.2, 0.25) is 11.8 Å². The van der Waals surface area contributed by atoms with Crippen LogP contribution >= 0.6 is 0 Å². The molecule has 2 N–H and O–H groups in total. The number of amides is 5. The maximum atomic E-state index is 12.7. The lowest BCUT2D eigenvalue weighted by Crippen LogP contribution is -2.48. The van der Waals surface area contributed by atoms with E-state index in [0.717, 1.165) is 29.7 Å². The van der Waals surface area contributed by atoms with Crippen molar-refractivity contribution in [2.75, 3.05) is 25.5 Å². The minimum atomic E-state index is -0.780. The fraction of sp³-hybridized carbons (Fsp3) is 0.524. The smallest absolute Gasteiger partial charge is 0.325 e. The Hall–Kier alpha value is -2.90. The molecule has 8 heteroatoms. The van der Waals surface area contributed by atoms with Gasteiger partial charge in [-0.1, -0.05) is 37.0 Å². The van der Waals surface area contributed by atoms with Gasteiger partial charge in [0.05, 0.1) is 6.54 Å². The number of likely N-dealkylation sites (N-methyl/N-ethyl adjacent to an activating group) is 1. The molecule has 1 aromatic rings. The normalized spacial score (nSPS) is 17.9. The summed E-state index contributed by atoms with van der Waals surface area (Å²) in [4.78, 5) is 52.0. The number of carbonyl (C=O) groups is 4. The largest absolute Gasteiger partial charge is 0.336 e. The molecule has 2 aliphatic rings.